The summed E-state index contributed by atoms with van der Waals surface area (Å²) in [6.07, 6.45) is 3.93. The largest absolute Gasteiger partial charge is 0.450 e. The lowest BCUT2D eigenvalue weighted by Crippen LogP contribution is -2.52. The van der Waals surface area contributed by atoms with Gasteiger partial charge in [0.15, 0.2) is 0 Å². The SMILES string of the molecule is CCOC(=O)N1CCN(C(=O)C2CCCCC2c2nc3ccccc3s2)CC1. The Kier molecular flexibility index (Phi) is 5.80. The normalized spacial score (nSPS) is 23.0. The molecular formula is C21H27N3O3S. The van der Waals surface area contributed by atoms with Crippen LogP contribution in [0.2, 0.25) is 0 Å². The van der Waals surface area contributed by atoms with Gasteiger partial charge in [-0.3, -0.25) is 4.79 Å². The second-order valence-electron chi connectivity index (χ2n) is 7.53. The van der Waals surface area contributed by atoms with E-state index in [2.05, 4.69) is 6.07 Å². The van der Waals surface area contributed by atoms with Crippen LogP contribution < -0.4 is 0 Å². The number of amides is 2. The Morgan fingerprint density at radius 2 is 1.82 bits per heavy atom. The van der Waals surface area contributed by atoms with Gasteiger partial charge in [0, 0.05) is 38.0 Å². The average molecular weight is 402 g/mol. The Labute approximate surface area is 169 Å². The molecule has 150 valence electrons. The standard InChI is InChI=1S/C21H27N3O3S/c1-2-27-21(26)24-13-11-23(12-14-24)20(25)16-8-4-3-7-15(16)19-22-17-9-5-6-10-18(17)28-19/h5-6,9-10,15-16H,2-4,7-8,11-14H2,1H3. The molecule has 2 aromatic rings. The third-order valence-corrected chi connectivity index (χ3v) is 7.00. The smallest absolute Gasteiger partial charge is 0.409 e. The minimum atomic E-state index is -0.278. The molecule has 1 aromatic heterocycles. The van der Waals surface area contributed by atoms with Gasteiger partial charge in [-0.2, -0.15) is 0 Å². The summed E-state index contributed by atoms with van der Waals surface area (Å²) in [6, 6.07) is 8.20. The molecule has 28 heavy (non-hydrogen) atoms. The number of para-hydroxylation sites is 1. The van der Waals surface area contributed by atoms with Crippen molar-refractivity contribution in [3.05, 3.63) is 29.3 Å². The summed E-state index contributed by atoms with van der Waals surface area (Å²) in [5.41, 5.74) is 1.03. The predicted octanol–water partition coefficient (Wildman–Crippen LogP) is 3.87. The molecule has 1 saturated heterocycles. The highest BCUT2D eigenvalue weighted by molar-refractivity contribution is 7.18. The Bertz CT molecular complexity index is 811. The molecule has 2 aliphatic rings. The van der Waals surface area contributed by atoms with Crippen molar-refractivity contribution < 1.29 is 14.3 Å². The van der Waals surface area contributed by atoms with Gasteiger partial charge >= 0.3 is 6.09 Å². The highest BCUT2D eigenvalue weighted by atomic mass is 32.1. The minimum absolute atomic E-state index is 0.00320. The first-order valence-corrected chi connectivity index (χ1v) is 11.0. The van der Waals surface area contributed by atoms with E-state index in [0.717, 1.165) is 36.2 Å². The molecule has 2 unspecified atom stereocenters. The van der Waals surface area contributed by atoms with Crippen molar-refractivity contribution in [2.45, 2.75) is 38.5 Å². The fourth-order valence-corrected chi connectivity index (χ4v) is 5.50. The van der Waals surface area contributed by atoms with Crippen LogP contribution in [0, 0.1) is 5.92 Å². The Hall–Kier alpha value is -2.15. The number of hydrogen-bond acceptors (Lipinski definition) is 5. The topological polar surface area (TPSA) is 62.7 Å². The maximum atomic E-state index is 13.3. The van der Waals surface area contributed by atoms with E-state index >= 15 is 0 Å². The van der Waals surface area contributed by atoms with Gasteiger partial charge in [-0.05, 0) is 31.9 Å². The maximum Gasteiger partial charge on any atom is 0.409 e. The lowest BCUT2D eigenvalue weighted by Gasteiger charge is -2.38. The van der Waals surface area contributed by atoms with Crippen molar-refractivity contribution in [3.63, 3.8) is 0 Å². The van der Waals surface area contributed by atoms with Crippen LogP contribution in [0.3, 0.4) is 0 Å². The van der Waals surface area contributed by atoms with Crippen LogP contribution in [0.25, 0.3) is 10.2 Å². The van der Waals surface area contributed by atoms with Gasteiger partial charge in [0.05, 0.1) is 21.8 Å². The van der Waals surface area contributed by atoms with Crippen LogP contribution in [0.4, 0.5) is 4.79 Å². The summed E-state index contributed by atoms with van der Waals surface area (Å²) in [5.74, 6) is 0.442. The third kappa shape index (κ3) is 3.85. The Balaban J connectivity index is 1.46. The number of benzene rings is 1. The van der Waals surface area contributed by atoms with E-state index in [4.69, 9.17) is 9.72 Å². The number of rotatable bonds is 3. The summed E-state index contributed by atoms with van der Waals surface area (Å²) in [5, 5.41) is 1.10. The van der Waals surface area contributed by atoms with Crippen molar-refractivity contribution in [1.29, 1.82) is 0 Å². The van der Waals surface area contributed by atoms with Crippen molar-refractivity contribution >= 4 is 33.6 Å². The third-order valence-electron chi connectivity index (χ3n) is 5.83. The summed E-state index contributed by atoms with van der Waals surface area (Å²) < 4.78 is 6.27. The molecule has 1 aromatic carbocycles. The number of carbonyl (C=O) groups is 2. The van der Waals surface area contributed by atoms with Crippen molar-refractivity contribution in [2.24, 2.45) is 5.92 Å². The maximum absolute atomic E-state index is 13.3. The van der Waals surface area contributed by atoms with E-state index in [1.807, 2.05) is 30.0 Å². The molecule has 1 aliphatic heterocycles. The van der Waals surface area contributed by atoms with Crippen LogP contribution in [0.15, 0.2) is 24.3 Å². The van der Waals surface area contributed by atoms with Gasteiger partial charge in [-0.25, -0.2) is 9.78 Å². The monoisotopic (exact) mass is 401 g/mol. The number of fused-ring (bicyclic) bond motifs is 1. The number of thiazole rings is 1. The number of piperazine rings is 1. The molecule has 0 spiro atoms. The van der Waals surface area contributed by atoms with Crippen molar-refractivity contribution in [1.82, 2.24) is 14.8 Å². The van der Waals surface area contributed by atoms with Crippen LogP contribution in [0.1, 0.15) is 43.5 Å². The Morgan fingerprint density at radius 1 is 1.11 bits per heavy atom. The minimum Gasteiger partial charge on any atom is -0.450 e. The summed E-state index contributed by atoms with van der Waals surface area (Å²) in [6.45, 7) is 4.44. The zero-order valence-electron chi connectivity index (χ0n) is 16.3. The predicted molar refractivity (Wildman–Crippen MR) is 109 cm³/mol. The fraction of sp³-hybridized carbons (Fsp3) is 0.571. The van der Waals surface area contributed by atoms with Gasteiger partial charge in [0.2, 0.25) is 5.91 Å². The second kappa shape index (κ2) is 8.47. The van der Waals surface area contributed by atoms with Crippen molar-refractivity contribution in [2.75, 3.05) is 32.8 Å². The molecular weight excluding hydrogens is 374 g/mol. The van der Waals surface area contributed by atoms with Crippen LogP contribution >= 0.6 is 11.3 Å². The van der Waals surface area contributed by atoms with E-state index < -0.39 is 0 Å². The molecule has 7 heteroatoms. The zero-order chi connectivity index (χ0) is 19.5. The Morgan fingerprint density at radius 3 is 2.57 bits per heavy atom. The van der Waals surface area contributed by atoms with Gasteiger partial charge in [-0.15, -0.1) is 11.3 Å². The number of hydrogen-bond donors (Lipinski definition) is 0. The number of aromatic nitrogens is 1. The highest BCUT2D eigenvalue weighted by Crippen LogP contribution is 2.41. The van der Waals surface area contributed by atoms with Gasteiger partial charge in [-0.1, -0.05) is 25.0 Å². The first-order chi connectivity index (χ1) is 13.7. The molecule has 2 atom stereocenters. The average Bonchev–Trinajstić information content (AvgIpc) is 3.18. The summed E-state index contributed by atoms with van der Waals surface area (Å²) >= 11 is 1.73. The van der Waals surface area contributed by atoms with E-state index in [9.17, 15) is 9.59 Å². The van der Waals surface area contributed by atoms with E-state index in [-0.39, 0.29) is 23.8 Å². The molecule has 2 fully saturated rings. The lowest BCUT2D eigenvalue weighted by atomic mass is 9.78. The first kappa shape index (κ1) is 19.2. The van der Waals surface area contributed by atoms with Crippen molar-refractivity contribution in [3.8, 4) is 0 Å². The van der Waals surface area contributed by atoms with Crippen LogP contribution in [0.5, 0.6) is 0 Å². The molecule has 1 saturated carbocycles. The molecule has 4 rings (SSSR count). The quantitative estimate of drug-likeness (QED) is 0.783. The molecule has 6 nitrogen and oxygen atoms in total. The lowest BCUT2D eigenvalue weighted by molar-refractivity contribution is -0.138. The van der Waals surface area contributed by atoms with Crippen LogP contribution in [-0.2, 0) is 9.53 Å². The second-order valence-corrected chi connectivity index (χ2v) is 8.59. The summed E-state index contributed by atoms with van der Waals surface area (Å²) in [4.78, 5) is 33.7. The van der Waals surface area contributed by atoms with Gasteiger partial charge < -0.3 is 14.5 Å². The number of carbonyl (C=O) groups excluding carboxylic acids is 2. The molecule has 1 aliphatic carbocycles. The zero-order valence-corrected chi connectivity index (χ0v) is 17.1. The number of ether oxygens (including phenoxy) is 1. The summed E-state index contributed by atoms with van der Waals surface area (Å²) in [7, 11) is 0. The molecule has 0 N–H and O–H groups in total. The first-order valence-electron chi connectivity index (χ1n) is 10.2. The van der Waals surface area contributed by atoms with E-state index in [1.54, 1.807) is 16.2 Å². The van der Waals surface area contributed by atoms with Crippen LogP contribution in [-0.4, -0.2) is 59.6 Å². The molecule has 0 radical (unpaired) electrons. The van der Waals surface area contributed by atoms with E-state index in [0.29, 0.717) is 32.8 Å². The van der Waals surface area contributed by atoms with E-state index in [1.165, 1.54) is 4.70 Å². The molecule has 2 amide bonds. The highest BCUT2D eigenvalue weighted by Gasteiger charge is 2.37. The number of nitrogens with zero attached hydrogens (tertiary/aromatic N) is 3. The van der Waals surface area contributed by atoms with Gasteiger partial charge in [0.25, 0.3) is 0 Å². The molecule has 2 heterocycles. The van der Waals surface area contributed by atoms with Gasteiger partial charge in [0.1, 0.15) is 0 Å². The fourth-order valence-electron chi connectivity index (χ4n) is 4.33. The molecule has 0 bridgehead atoms.